The van der Waals surface area contributed by atoms with Gasteiger partial charge in [0.1, 0.15) is 17.7 Å². The first-order valence-electron chi connectivity index (χ1n) is 15.7. The molecule has 0 aromatic heterocycles. The highest BCUT2D eigenvalue weighted by atomic mass is 16.6. The summed E-state index contributed by atoms with van der Waals surface area (Å²) in [5.74, 6) is -1.74. The van der Waals surface area contributed by atoms with E-state index in [1.807, 2.05) is 0 Å². The van der Waals surface area contributed by atoms with Gasteiger partial charge in [-0.15, -0.1) is 0 Å². The second-order valence-electron chi connectivity index (χ2n) is 11.5. The van der Waals surface area contributed by atoms with Crippen molar-refractivity contribution in [1.29, 1.82) is 5.41 Å². The van der Waals surface area contributed by atoms with Gasteiger partial charge >= 0.3 is 24.0 Å². The van der Waals surface area contributed by atoms with Crippen LogP contribution in [0.15, 0.2) is 72.8 Å². The number of hydrogen-bond acceptors (Lipinski definition) is 12. The van der Waals surface area contributed by atoms with Crippen LogP contribution in [0.2, 0.25) is 0 Å². The molecule has 2 amide bonds. The third kappa shape index (κ3) is 9.49. The number of ether oxygens (including phenoxy) is 4. The monoisotopic (exact) mass is 671 g/mol. The molecule has 2 N–H and O–H groups in total. The number of carbonyl (C=O) groups excluding carboxylic acids is 5. The molecule has 2 aliphatic rings. The summed E-state index contributed by atoms with van der Waals surface area (Å²) in [7, 11) is 0. The highest BCUT2D eigenvalue weighted by Crippen LogP contribution is 2.27. The topological polar surface area (TPSA) is 168 Å². The number of amides is 2. The third-order valence-electron chi connectivity index (χ3n) is 7.85. The standard InChI is InChI=1S/C35H37N5O9/c1-23(41)46-29-8-4-3-7-28(29)34(44)37-33(36)25-11-13-26(14-12-25)40-22-27(48-35(40)45)21-39-19-17-38(18-20-39)16-15-32(43)49-31-10-6-5-9-30(31)47-24(2)42/h3-14,27H,15-22H2,1-2H3,(H2,36,37,44). The Balaban J connectivity index is 1.05. The van der Waals surface area contributed by atoms with Crippen LogP contribution < -0.4 is 24.4 Å². The zero-order chi connectivity index (χ0) is 34.9. The predicted octanol–water partition coefficient (Wildman–Crippen LogP) is 3.23. The Morgan fingerprint density at radius 3 is 2.02 bits per heavy atom. The van der Waals surface area contributed by atoms with Gasteiger partial charge in [-0.1, -0.05) is 24.3 Å². The summed E-state index contributed by atoms with van der Waals surface area (Å²) in [6.07, 6.45) is -0.616. The minimum absolute atomic E-state index is 0.0962. The Bertz CT molecular complexity index is 1720. The van der Waals surface area contributed by atoms with Crippen LogP contribution in [0.1, 0.15) is 36.2 Å². The fourth-order valence-electron chi connectivity index (χ4n) is 5.47. The number of hydrogen-bond donors (Lipinski definition) is 2. The van der Waals surface area contributed by atoms with E-state index in [0.717, 1.165) is 26.2 Å². The molecule has 1 unspecified atom stereocenters. The number of esters is 3. The zero-order valence-electron chi connectivity index (χ0n) is 27.2. The summed E-state index contributed by atoms with van der Waals surface area (Å²) < 4.78 is 21.3. The number of anilines is 1. The summed E-state index contributed by atoms with van der Waals surface area (Å²) in [4.78, 5) is 66.6. The number of nitrogens with one attached hydrogen (secondary N) is 2. The molecule has 256 valence electrons. The first-order valence-corrected chi connectivity index (χ1v) is 15.7. The van der Waals surface area contributed by atoms with Crippen molar-refractivity contribution in [2.24, 2.45) is 0 Å². The first kappa shape index (κ1) is 34.7. The van der Waals surface area contributed by atoms with Gasteiger partial charge in [0.05, 0.1) is 18.5 Å². The van der Waals surface area contributed by atoms with Gasteiger partial charge in [0, 0.05) is 64.4 Å². The fraction of sp³-hybridized carbons (Fsp3) is 0.314. The highest BCUT2D eigenvalue weighted by molar-refractivity contribution is 6.12. The fourth-order valence-corrected chi connectivity index (χ4v) is 5.47. The predicted molar refractivity (Wildman–Crippen MR) is 177 cm³/mol. The Hall–Kier alpha value is -5.60. The summed E-state index contributed by atoms with van der Waals surface area (Å²) in [6.45, 7) is 6.92. The maximum atomic E-state index is 12.8. The molecular weight excluding hydrogens is 634 g/mol. The van der Waals surface area contributed by atoms with Crippen molar-refractivity contribution in [3.63, 3.8) is 0 Å². The summed E-state index contributed by atoms with van der Waals surface area (Å²) in [6, 6.07) is 19.4. The van der Waals surface area contributed by atoms with Gasteiger partial charge in [0.25, 0.3) is 5.91 Å². The summed E-state index contributed by atoms with van der Waals surface area (Å²) in [5.41, 5.74) is 1.14. The molecule has 5 rings (SSSR count). The maximum Gasteiger partial charge on any atom is 0.414 e. The van der Waals surface area contributed by atoms with E-state index in [9.17, 15) is 24.0 Å². The van der Waals surface area contributed by atoms with E-state index in [1.165, 1.54) is 30.9 Å². The maximum absolute atomic E-state index is 12.8. The normalized spacial score (nSPS) is 16.4. The lowest BCUT2D eigenvalue weighted by molar-refractivity contribution is -0.136. The van der Waals surface area contributed by atoms with Crippen molar-refractivity contribution < 1.29 is 42.9 Å². The lowest BCUT2D eigenvalue weighted by atomic mass is 10.1. The van der Waals surface area contributed by atoms with Crippen LogP contribution in [0.5, 0.6) is 17.2 Å². The minimum atomic E-state index is -0.598. The highest BCUT2D eigenvalue weighted by Gasteiger charge is 2.34. The van der Waals surface area contributed by atoms with Crippen LogP contribution in [0.25, 0.3) is 0 Å². The number of piperazine rings is 1. The molecule has 3 aromatic rings. The molecule has 3 aromatic carbocycles. The van der Waals surface area contributed by atoms with Crippen molar-refractivity contribution in [2.45, 2.75) is 26.4 Å². The number of nitrogens with zero attached hydrogens (tertiary/aromatic N) is 3. The van der Waals surface area contributed by atoms with Crippen molar-refractivity contribution in [2.75, 3.05) is 50.7 Å². The van der Waals surface area contributed by atoms with Gasteiger partial charge in [-0.2, -0.15) is 0 Å². The zero-order valence-corrected chi connectivity index (χ0v) is 27.2. The lowest BCUT2D eigenvalue weighted by Crippen LogP contribution is -2.49. The molecule has 14 heteroatoms. The van der Waals surface area contributed by atoms with Crippen molar-refractivity contribution in [1.82, 2.24) is 15.1 Å². The molecule has 1 atom stereocenters. The van der Waals surface area contributed by atoms with Crippen LogP contribution in [0, 0.1) is 5.41 Å². The van der Waals surface area contributed by atoms with Crippen molar-refractivity contribution in [3.8, 4) is 17.2 Å². The number of rotatable bonds is 11. The minimum Gasteiger partial charge on any atom is -0.443 e. The van der Waals surface area contributed by atoms with E-state index in [4.69, 9.17) is 24.4 Å². The number of cyclic esters (lactones) is 1. The van der Waals surface area contributed by atoms with Gasteiger partial charge in [0.15, 0.2) is 11.5 Å². The molecule has 0 aliphatic carbocycles. The average molecular weight is 672 g/mol. The van der Waals surface area contributed by atoms with Crippen LogP contribution in [-0.4, -0.2) is 97.5 Å². The first-order chi connectivity index (χ1) is 23.5. The van der Waals surface area contributed by atoms with Crippen molar-refractivity contribution >= 4 is 41.4 Å². The van der Waals surface area contributed by atoms with E-state index < -0.39 is 29.9 Å². The molecule has 14 nitrogen and oxygen atoms in total. The van der Waals surface area contributed by atoms with Crippen LogP contribution in [-0.2, 0) is 19.1 Å². The quantitative estimate of drug-likeness (QED) is 0.133. The van der Waals surface area contributed by atoms with Crippen LogP contribution in [0.3, 0.4) is 0 Å². The smallest absolute Gasteiger partial charge is 0.414 e. The Labute approximate surface area is 283 Å². The summed E-state index contributed by atoms with van der Waals surface area (Å²) >= 11 is 0. The van der Waals surface area contributed by atoms with Gasteiger partial charge in [-0.3, -0.25) is 34.4 Å². The summed E-state index contributed by atoms with van der Waals surface area (Å²) in [5, 5.41) is 10.9. The van der Waals surface area contributed by atoms with E-state index >= 15 is 0 Å². The molecule has 2 fully saturated rings. The van der Waals surface area contributed by atoms with Crippen molar-refractivity contribution in [3.05, 3.63) is 83.9 Å². The number of carbonyl (C=O) groups is 5. The Kier molecular flexibility index (Phi) is 11.3. The second kappa shape index (κ2) is 16.0. The number of amidine groups is 1. The molecule has 2 saturated heterocycles. The number of para-hydroxylation sites is 3. The Morgan fingerprint density at radius 2 is 1.37 bits per heavy atom. The molecule has 0 radical (unpaired) electrons. The Morgan fingerprint density at radius 1 is 0.796 bits per heavy atom. The molecule has 0 saturated carbocycles. The molecular formula is C35H37N5O9. The van der Waals surface area contributed by atoms with Gasteiger partial charge in [0.2, 0.25) is 0 Å². The molecule has 2 aliphatic heterocycles. The second-order valence-corrected chi connectivity index (χ2v) is 11.5. The van der Waals surface area contributed by atoms with Gasteiger partial charge in [-0.25, -0.2) is 4.79 Å². The third-order valence-corrected chi connectivity index (χ3v) is 7.85. The van der Waals surface area contributed by atoms with Crippen LogP contribution in [0.4, 0.5) is 10.5 Å². The average Bonchev–Trinajstić information content (AvgIpc) is 3.44. The SMILES string of the molecule is CC(=O)Oc1ccccc1OC(=O)CCN1CCN(CC2CN(c3ccc(C(=N)NC(=O)c4ccccc4OC(C)=O)cc3)C(=O)O2)CC1. The molecule has 0 spiro atoms. The molecule has 49 heavy (non-hydrogen) atoms. The van der Waals surface area contributed by atoms with E-state index in [1.54, 1.807) is 60.7 Å². The molecule has 0 bridgehead atoms. The van der Waals surface area contributed by atoms with Crippen LogP contribution >= 0.6 is 0 Å². The van der Waals surface area contributed by atoms with E-state index in [0.29, 0.717) is 30.9 Å². The van der Waals surface area contributed by atoms with E-state index in [2.05, 4.69) is 15.1 Å². The van der Waals surface area contributed by atoms with E-state index in [-0.39, 0.29) is 41.2 Å². The number of benzene rings is 3. The lowest BCUT2D eigenvalue weighted by Gasteiger charge is -2.35. The molecule has 2 heterocycles. The largest absolute Gasteiger partial charge is 0.443 e. The van der Waals surface area contributed by atoms with Gasteiger partial charge < -0.3 is 29.2 Å². The van der Waals surface area contributed by atoms with Gasteiger partial charge in [-0.05, 0) is 48.5 Å².